The predicted molar refractivity (Wildman–Crippen MR) is 89.5 cm³/mol. The van der Waals surface area contributed by atoms with Crippen molar-refractivity contribution in [2.24, 2.45) is 5.41 Å². The van der Waals surface area contributed by atoms with Crippen molar-refractivity contribution in [3.63, 3.8) is 0 Å². The van der Waals surface area contributed by atoms with E-state index < -0.39 is 28.2 Å². The molecule has 0 aliphatic heterocycles. The molecule has 8 heteroatoms. The van der Waals surface area contributed by atoms with Gasteiger partial charge in [-0.2, -0.15) is 0 Å². The lowest BCUT2D eigenvalue weighted by atomic mass is 10.1. The summed E-state index contributed by atoms with van der Waals surface area (Å²) < 4.78 is 9.01. The van der Waals surface area contributed by atoms with Gasteiger partial charge >= 0.3 is 5.97 Å². The fraction of sp³-hybridized carbons (Fsp3) is 0.467. The molecule has 1 aromatic carbocycles. The molecule has 1 amide bonds. The summed E-state index contributed by atoms with van der Waals surface area (Å²) >= 11 is 17.8. The van der Waals surface area contributed by atoms with Crippen LogP contribution in [0.3, 0.4) is 0 Å². The Bertz CT molecular complexity index is 662. The summed E-state index contributed by atoms with van der Waals surface area (Å²) in [4.78, 5) is 23.9. The Morgan fingerprint density at radius 3 is 2.48 bits per heavy atom. The molecular formula is C15H16Cl3NO4. The number of carbonyl (C=O) groups is 2. The second-order valence-electron chi connectivity index (χ2n) is 5.64. The largest absolute Gasteiger partial charge is 0.495 e. The van der Waals surface area contributed by atoms with E-state index in [1.54, 1.807) is 26.0 Å². The number of ether oxygens (including phenoxy) is 2. The van der Waals surface area contributed by atoms with E-state index in [0.717, 1.165) is 5.56 Å². The van der Waals surface area contributed by atoms with Gasteiger partial charge in [0.15, 0.2) is 6.61 Å². The van der Waals surface area contributed by atoms with E-state index in [2.05, 4.69) is 5.32 Å². The summed E-state index contributed by atoms with van der Waals surface area (Å²) in [5.41, 5.74) is 0.252. The number of hydrogen-bond acceptors (Lipinski definition) is 4. The van der Waals surface area contributed by atoms with E-state index in [0.29, 0.717) is 22.9 Å². The summed E-state index contributed by atoms with van der Waals surface area (Å²) in [7, 11) is 1.46. The van der Waals surface area contributed by atoms with Crippen molar-refractivity contribution in [3.8, 4) is 5.75 Å². The third-order valence-corrected chi connectivity index (χ3v) is 5.31. The molecule has 0 bridgehead atoms. The molecule has 0 unspecified atom stereocenters. The van der Waals surface area contributed by atoms with Crippen LogP contribution in [0, 0.1) is 12.3 Å². The van der Waals surface area contributed by atoms with E-state index in [4.69, 9.17) is 44.3 Å². The lowest BCUT2D eigenvalue weighted by molar-refractivity contribution is -0.152. The maximum Gasteiger partial charge on any atom is 0.315 e. The maximum atomic E-state index is 11.9. The van der Waals surface area contributed by atoms with Gasteiger partial charge in [0.1, 0.15) is 15.5 Å². The molecule has 1 aliphatic carbocycles. The minimum atomic E-state index is -1.13. The second-order valence-corrected chi connectivity index (χ2v) is 7.53. The number of methoxy groups -OCH3 is 1. The smallest absolute Gasteiger partial charge is 0.315 e. The van der Waals surface area contributed by atoms with Crippen LogP contribution in [0.4, 0.5) is 5.69 Å². The van der Waals surface area contributed by atoms with Crippen LogP contribution < -0.4 is 10.1 Å². The first-order valence-electron chi connectivity index (χ1n) is 6.80. The zero-order valence-electron chi connectivity index (χ0n) is 12.8. The number of benzene rings is 1. The molecule has 126 valence electrons. The Kier molecular flexibility index (Phi) is 5.04. The number of hydrogen-bond donors (Lipinski definition) is 1. The number of aryl methyl sites for hydroxylation is 1. The van der Waals surface area contributed by atoms with Crippen molar-refractivity contribution in [2.75, 3.05) is 19.0 Å². The van der Waals surface area contributed by atoms with Crippen LogP contribution in [0.1, 0.15) is 18.9 Å². The van der Waals surface area contributed by atoms with E-state index in [1.807, 2.05) is 0 Å². The average molecular weight is 381 g/mol. The monoisotopic (exact) mass is 379 g/mol. The molecule has 1 atom stereocenters. The summed E-state index contributed by atoms with van der Waals surface area (Å²) in [5, 5.41) is 3.13. The standard InChI is InChI=1S/C15H16Cl3NO4/c1-8-4-10(11(22-3)5-9(8)16)19-12(20)6-23-13(21)14(2)7-15(14,17)18/h4-5H,6-7H2,1-3H3,(H,19,20)/t14-/m0/s1. The summed E-state index contributed by atoms with van der Waals surface area (Å²) in [6.45, 7) is 2.95. The first-order chi connectivity index (χ1) is 10.6. The van der Waals surface area contributed by atoms with Crippen molar-refractivity contribution in [3.05, 3.63) is 22.7 Å². The van der Waals surface area contributed by atoms with Gasteiger partial charge in [0.25, 0.3) is 5.91 Å². The first kappa shape index (κ1) is 18.2. The summed E-state index contributed by atoms with van der Waals surface area (Å²) in [6, 6.07) is 3.27. The molecule has 23 heavy (non-hydrogen) atoms. The summed E-state index contributed by atoms with van der Waals surface area (Å²) in [6.07, 6.45) is 0.299. The molecular weight excluding hydrogens is 365 g/mol. The highest BCUT2D eigenvalue weighted by Crippen LogP contribution is 2.64. The van der Waals surface area contributed by atoms with Gasteiger partial charge in [0.2, 0.25) is 0 Å². The highest BCUT2D eigenvalue weighted by atomic mass is 35.5. The first-order valence-corrected chi connectivity index (χ1v) is 7.93. The molecule has 1 aliphatic rings. The molecule has 5 nitrogen and oxygen atoms in total. The number of rotatable bonds is 5. The molecule has 0 saturated heterocycles. The third kappa shape index (κ3) is 3.67. The topological polar surface area (TPSA) is 64.6 Å². The number of amides is 1. The molecule has 0 radical (unpaired) electrons. The average Bonchev–Trinajstić information content (AvgIpc) is 3.00. The zero-order valence-corrected chi connectivity index (χ0v) is 15.1. The van der Waals surface area contributed by atoms with Crippen molar-refractivity contribution in [1.29, 1.82) is 0 Å². The third-order valence-electron chi connectivity index (χ3n) is 3.80. The molecule has 2 rings (SSSR count). The molecule has 1 saturated carbocycles. The zero-order chi connectivity index (χ0) is 17.4. The minimum absolute atomic E-state index is 0.299. The van der Waals surface area contributed by atoms with Crippen molar-refractivity contribution >= 4 is 52.4 Å². The number of nitrogens with one attached hydrogen (secondary N) is 1. The molecule has 0 aromatic heterocycles. The van der Waals surface area contributed by atoms with E-state index >= 15 is 0 Å². The Morgan fingerprint density at radius 2 is 1.96 bits per heavy atom. The van der Waals surface area contributed by atoms with E-state index in [-0.39, 0.29) is 0 Å². The van der Waals surface area contributed by atoms with Crippen molar-refractivity contribution in [2.45, 2.75) is 24.6 Å². The highest BCUT2D eigenvalue weighted by Gasteiger charge is 2.69. The Balaban J connectivity index is 1.96. The van der Waals surface area contributed by atoms with E-state index in [1.165, 1.54) is 7.11 Å². The van der Waals surface area contributed by atoms with Gasteiger partial charge in [0, 0.05) is 17.5 Å². The van der Waals surface area contributed by atoms with Crippen molar-refractivity contribution < 1.29 is 19.1 Å². The lowest BCUT2D eigenvalue weighted by Crippen LogP contribution is -2.27. The summed E-state index contributed by atoms with van der Waals surface area (Å²) in [5.74, 6) is -0.691. The van der Waals surface area contributed by atoms with Crippen LogP contribution in [-0.2, 0) is 14.3 Å². The van der Waals surface area contributed by atoms with Crippen LogP contribution in [-0.4, -0.2) is 29.9 Å². The molecule has 1 N–H and O–H groups in total. The number of alkyl halides is 2. The predicted octanol–water partition coefficient (Wildman–Crippen LogP) is 3.72. The van der Waals surface area contributed by atoms with Gasteiger partial charge < -0.3 is 14.8 Å². The van der Waals surface area contributed by atoms with Crippen LogP contribution in [0.15, 0.2) is 12.1 Å². The van der Waals surface area contributed by atoms with Gasteiger partial charge in [-0.3, -0.25) is 9.59 Å². The normalized spacial score (nSPS) is 21.5. The quantitative estimate of drug-likeness (QED) is 0.624. The van der Waals surface area contributed by atoms with Crippen LogP contribution in [0.25, 0.3) is 0 Å². The molecule has 1 fully saturated rings. The number of esters is 1. The van der Waals surface area contributed by atoms with Gasteiger partial charge in [-0.1, -0.05) is 11.6 Å². The van der Waals surface area contributed by atoms with E-state index in [9.17, 15) is 9.59 Å². The van der Waals surface area contributed by atoms with Gasteiger partial charge in [-0.15, -0.1) is 23.2 Å². The highest BCUT2D eigenvalue weighted by molar-refractivity contribution is 6.53. The maximum absolute atomic E-state index is 11.9. The number of carbonyl (C=O) groups excluding carboxylic acids is 2. The van der Waals surface area contributed by atoms with Gasteiger partial charge in [0.05, 0.1) is 12.8 Å². The lowest BCUT2D eigenvalue weighted by Gasteiger charge is -2.14. The van der Waals surface area contributed by atoms with Crippen LogP contribution in [0.5, 0.6) is 5.75 Å². The Hall–Kier alpha value is -1.17. The van der Waals surface area contributed by atoms with Crippen LogP contribution >= 0.6 is 34.8 Å². The van der Waals surface area contributed by atoms with Gasteiger partial charge in [-0.05, 0) is 25.5 Å². The Morgan fingerprint density at radius 1 is 1.35 bits per heavy atom. The SMILES string of the molecule is COc1cc(Cl)c(C)cc1NC(=O)COC(=O)[C@]1(C)CC1(Cl)Cl. The molecule has 0 spiro atoms. The fourth-order valence-corrected chi connectivity index (χ4v) is 2.87. The molecule has 1 aromatic rings. The molecule has 0 heterocycles. The van der Waals surface area contributed by atoms with Gasteiger partial charge in [-0.25, -0.2) is 0 Å². The number of halogens is 3. The van der Waals surface area contributed by atoms with Crippen LogP contribution in [0.2, 0.25) is 5.02 Å². The fourth-order valence-electron chi connectivity index (χ4n) is 2.03. The second kappa shape index (κ2) is 6.38. The minimum Gasteiger partial charge on any atom is -0.495 e. The Labute approximate surface area is 149 Å². The number of anilines is 1. The van der Waals surface area contributed by atoms with Crippen molar-refractivity contribution in [1.82, 2.24) is 0 Å².